The molecule has 1 N–H and O–H groups in total. The number of sulfonamides is 1. The van der Waals surface area contributed by atoms with Gasteiger partial charge in [0.25, 0.3) is 11.8 Å². The monoisotopic (exact) mass is 478 g/mol. The molecule has 1 aromatic heterocycles. The topological polar surface area (TPSA) is 105 Å². The smallest absolute Gasteiger partial charge is 0.257 e. The maximum Gasteiger partial charge on any atom is 0.257 e. The Morgan fingerprint density at radius 3 is 2.48 bits per heavy atom. The molecular weight excluding hydrogens is 460 g/mol. The van der Waals surface area contributed by atoms with Gasteiger partial charge in [-0.25, -0.2) is 12.7 Å². The number of anilines is 1. The van der Waals surface area contributed by atoms with Gasteiger partial charge in [0.1, 0.15) is 0 Å². The van der Waals surface area contributed by atoms with Gasteiger partial charge in [0.05, 0.1) is 4.90 Å². The average Bonchev–Trinajstić information content (AvgIpc) is 3.09. The summed E-state index contributed by atoms with van der Waals surface area (Å²) in [7, 11) is -0.840. The van der Waals surface area contributed by atoms with Gasteiger partial charge < -0.3 is 9.84 Å². The van der Waals surface area contributed by atoms with Crippen molar-refractivity contribution >= 4 is 37.5 Å². The van der Waals surface area contributed by atoms with Gasteiger partial charge in [-0.2, -0.15) is 4.98 Å². The Morgan fingerprint density at radius 2 is 1.86 bits per heavy atom. The molecule has 1 heterocycles. The highest BCUT2D eigenvalue weighted by Gasteiger charge is 2.22. The molecule has 3 aromatic rings. The normalized spacial score (nSPS) is 11.7. The second kappa shape index (κ2) is 8.05. The second-order valence-electron chi connectivity index (χ2n) is 6.56. The number of hydrogen-bond donors (Lipinski definition) is 1. The van der Waals surface area contributed by atoms with Crippen molar-refractivity contribution in [1.82, 2.24) is 14.4 Å². The van der Waals surface area contributed by atoms with Gasteiger partial charge >= 0.3 is 0 Å². The van der Waals surface area contributed by atoms with Crippen LogP contribution in [0.2, 0.25) is 0 Å². The van der Waals surface area contributed by atoms with Crippen molar-refractivity contribution in [2.24, 2.45) is 0 Å². The number of nitrogens with zero attached hydrogens (tertiary/aromatic N) is 3. The Morgan fingerprint density at radius 1 is 1.14 bits per heavy atom. The maximum absolute atomic E-state index is 12.8. The minimum absolute atomic E-state index is 0.0157. The minimum Gasteiger partial charge on any atom is -0.334 e. The van der Waals surface area contributed by atoms with Crippen molar-refractivity contribution < 1.29 is 17.7 Å². The molecule has 0 fully saturated rings. The highest BCUT2D eigenvalue weighted by atomic mass is 79.9. The molecule has 0 saturated carbocycles. The Balaban J connectivity index is 1.93. The molecule has 0 bridgehead atoms. The van der Waals surface area contributed by atoms with Gasteiger partial charge in [-0.1, -0.05) is 11.2 Å². The van der Waals surface area contributed by atoms with Crippen LogP contribution in [0.4, 0.5) is 5.69 Å². The summed E-state index contributed by atoms with van der Waals surface area (Å²) in [6.45, 7) is 3.57. The van der Waals surface area contributed by atoms with Gasteiger partial charge in [-0.3, -0.25) is 4.79 Å². The molecule has 10 heteroatoms. The third kappa shape index (κ3) is 4.39. The van der Waals surface area contributed by atoms with E-state index in [1.165, 1.54) is 26.2 Å². The number of benzene rings is 2. The van der Waals surface area contributed by atoms with Gasteiger partial charge in [0.15, 0.2) is 5.82 Å². The van der Waals surface area contributed by atoms with E-state index in [-0.39, 0.29) is 10.5 Å². The van der Waals surface area contributed by atoms with Crippen LogP contribution >= 0.6 is 15.9 Å². The number of amides is 1. The van der Waals surface area contributed by atoms with E-state index in [1.807, 2.05) is 19.1 Å². The molecule has 0 spiro atoms. The molecule has 0 saturated heterocycles. The number of aryl methyl sites for hydroxylation is 2. The fourth-order valence-electron chi connectivity index (χ4n) is 2.54. The lowest BCUT2D eigenvalue weighted by molar-refractivity contribution is 0.102. The summed E-state index contributed by atoms with van der Waals surface area (Å²) in [6.07, 6.45) is 0. The Kier molecular flexibility index (Phi) is 5.87. The van der Waals surface area contributed by atoms with Crippen LogP contribution in [-0.4, -0.2) is 42.9 Å². The summed E-state index contributed by atoms with van der Waals surface area (Å²) in [5.41, 5.74) is 2.27. The van der Waals surface area contributed by atoms with Crippen molar-refractivity contribution in [1.29, 1.82) is 0 Å². The van der Waals surface area contributed by atoms with Crippen molar-refractivity contribution in [2.75, 3.05) is 19.4 Å². The third-order valence-electron chi connectivity index (χ3n) is 4.21. The average molecular weight is 479 g/mol. The van der Waals surface area contributed by atoms with Crippen LogP contribution in [0, 0.1) is 13.8 Å². The zero-order chi connectivity index (χ0) is 21.3. The number of hydrogen-bond acceptors (Lipinski definition) is 6. The summed E-state index contributed by atoms with van der Waals surface area (Å²) in [5, 5.41) is 6.59. The molecule has 3 rings (SSSR count). The largest absolute Gasteiger partial charge is 0.334 e. The van der Waals surface area contributed by atoms with E-state index in [9.17, 15) is 13.2 Å². The number of rotatable bonds is 5. The predicted molar refractivity (Wildman–Crippen MR) is 112 cm³/mol. The zero-order valence-corrected chi connectivity index (χ0v) is 18.6. The summed E-state index contributed by atoms with van der Waals surface area (Å²) < 4.78 is 31.6. The van der Waals surface area contributed by atoms with Crippen LogP contribution in [0.1, 0.15) is 21.7 Å². The van der Waals surface area contributed by atoms with Gasteiger partial charge in [0, 0.05) is 35.4 Å². The molecule has 0 radical (unpaired) electrons. The number of aromatic nitrogens is 2. The SMILES string of the molecule is Cc1noc(-c2ccc(C)c(NC(=O)c3ccc(Br)c(S(=O)(=O)N(C)C)c3)c2)n1. The van der Waals surface area contributed by atoms with Crippen LogP contribution in [0.25, 0.3) is 11.5 Å². The van der Waals surface area contributed by atoms with Gasteiger partial charge in [0.2, 0.25) is 10.0 Å². The second-order valence-corrected chi connectivity index (χ2v) is 9.54. The summed E-state index contributed by atoms with van der Waals surface area (Å²) in [6, 6.07) is 9.81. The minimum atomic E-state index is -3.71. The fourth-order valence-corrected chi connectivity index (χ4v) is 4.38. The lowest BCUT2D eigenvalue weighted by Gasteiger charge is -2.14. The van der Waals surface area contributed by atoms with E-state index >= 15 is 0 Å². The van der Waals surface area contributed by atoms with Gasteiger partial charge in [-0.05, 0) is 65.7 Å². The number of carbonyl (C=O) groups excluding carboxylic acids is 1. The molecule has 1 amide bonds. The van der Waals surface area contributed by atoms with Crippen molar-refractivity contribution in [2.45, 2.75) is 18.7 Å². The first-order valence-corrected chi connectivity index (χ1v) is 10.8. The van der Waals surface area contributed by atoms with Gasteiger partial charge in [-0.15, -0.1) is 0 Å². The van der Waals surface area contributed by atoms with Crippen LogP contribution < -0.4 is 5.32 Å². The molecule has 0 aliphatic heterocycles. The van der Waals surface area contributed by atoms with Crippen molar-refractivity contribution in [3.05, 3.63) is 57.8 Å². The molecule has 152 valence electrons. The first-order valence-electron chi connectivity index (χ1n) is 8.54. The molecule has 2 aromatic carbocycles. The van der Waals surface area contributed by atoms with Crippen LogP contribution in [0.3, 0.4) is 0 Å². The van der Waals surface area contributed by atoms with Crippen LogP contribution in [0.5, 0.6) is 0 Å². The number of carbonyl (C=O) groups is 1. The molecule has 0 aliphatic rings. The zero-order valence-electron chi connectivity index (χ0n) is 16.2. The number of nitrogens with one attached hydrogen (secondary N) is 1. The number of halogens is 1. The van der Waals surface area contributed by atoms with E-state index in [0.717, 1.165) is 9.87 Å². The first kappa shape index (κ1) is 21.2. The highest BCUT2D eigenvalue weighted by molar-refractivity contribution is 9.10. The summed E-state index contributed by atoms with van der Waals surface area (Å²) in [5.74, 6) is 0.423. The third-order valence-corrected chi connectivity index (χ3v) is 7.02. The summed E-state index contributed by atoms with van der Waals surface area (Å²) >= 11 is 3.24. The lowest BCUT2D eigenvalue weighted by Crippen LogP contribution is -2.23. The molecule has 29 heavy (non-hydrogen) atoms. The van der Waals surface area contributed by atoms with E-state index in [1.54, 1.807) is 19.1 Å². The quantitative estimate of drug-likeness (QED) is 0.600. The first-order chi connectivity index (χ1) is 13.6. The molecule has 0 atom stereocenters. The fraction of sp³-hybridized carbons (Fsp3) is 0.211. The summed E-state index contributed by atoms with van der Waals surface area (Å²) in [4.78, 5) is 17.0. The Labute approximate surface area is 177 Å². The van der Waals surface area contributed by atoms with E-state index in [2.05, 4.69) is 31.4 Å². The van der Waals surface area contributed by atoms with E-state index in [4.69, 9.17) is 4.52 Å². The maximum atomic E-state index is 12.8. The molecule has 0 aliphatic carbocycles. The van der Waals surface area contributed by atoms with Crippen LogP contribution in [-0.2, 0) is 10.0 Å². The molecule has 0 unspecified atom stereocenters. The molecular formula is C19H19BrN4O4S. The van der Waals surface area contributed by atoms with E-state index < -0.39 is 15.9 Å². The Bertz CT molecular complexity index is 1190. The van der Waals surface area contributed by atoms with Crippen molar-refractivity contribution in [3.8, 4) is 11.5 Å². The highest BCUT2D eigenvalue weighted by Crippen LogP contribution is 2.27. The standard InChI is InChI=1S/C19H19BrN4O4S/c1-11-5-6-14(19-21-12(2)23-28-19)9-16(11)22-18(25)13-7-8-15(20)17(10-13)29(26,27)24(3)4/h5-10H,1-4H3,(H,22,25). The lowest BCUT2D eigenvalue weighted by atomic mass is 10.1. The predicted octanol–water partition coefficient (Wildman–Crippen LogP) is 3.62. The van der Waals surface area contributed by atoms with E-state index in [0.29, 0.717) is 27.4 Å². The Hall–Kier alpha value is -2.56. The van der Waals surface area contributed by atoms with Crippen molar-refractivity contribution in [3.63, 3.8) is 0 Å². The molecule has 8 nitrogen and oxygen atoms in total. The van der Waals surface area contributed by atoms with Crippen LogP contribution in [0.15, 0.2) is 50.3 Å².